The first-order chi connectivity index (χ1) is 8.85. The number of nitrogens with two attached hydrogens (primary N) is 1. The van der Waals surface area contributed by atoms with E-state index in [9.17, 15) is 0 Å². The Labute approximate surface area is 112 Å². The Kier molecular flexibility index (Phi) is 5.22. The molecule has 1 aromatic heterocycles. The largest absolute Gasteiger partial charge is 0.477 e. The number of aromatic nitrogens is 1. The lowest BCUT2D eigenvalue weighted by Gasteiger charge is -2.25. The zero-order valence-electron chi connectivity index (χ0n) is 10.9. The Morgan fingerprint density at radius 1 is 1.44 bits per heavy atom. The van der Waals surface area contributed by atoms with Gasteiger partial charge in [-0.15, -0.1) is 0 Å². The standard InChI is InChI=1S/C12H21N3O2S/c1-2-17-11-10(4-3-5-13)18-12(14-11)15-6-8-16-9-7-15/h2-9,13H2,1H3. The summed E-state index contributed by atoms with van der Waals surface area (Å²) in [6.07, 6.45) is 1.93. The number of ether oxygens (including phenoxy) is 2. The molecule has 0 amide bonds. The van der Waals surface area contributed by atoms with Gasteiger partial charge in [0.05, 0.1) is 24.7 Å². The van der Waals surface area contributed by atoms with E-state index in [-0.39, 0.29) is 0 Å². The number of hydrogen-bond acceptors (Lipinski definition) is 6. The van der Waals surface area contributed by atoms with Crippen molar-refractivity contribution in [2.24, 2.45) is 5.73 Å². The maximum Gasteiger partial charge on any atom is 0.229 e. The highest BCUT2D eigenvalue weighted by Gasteiger charge is 2.18. The van der Waals surface area contributed by atoms with Crippen LogP contribution in [0, 0.1) is 0 Å². The lowest BCUT2D eigenvalue weighted by molar-refractivity contribution is 0.122. The third-order valence-electron chi connectivity index (χ3n) is 2.82. The summed E-state index contributed by atoms with van der Waals surface area (Å²) in [5.74, 6) is 0.789. The van der Waals surface area contributed by atoms with E-state index in [0.717, 1.165) is 50.2 Å². The van der Waals surface area contributed by atoms with E-state index in [1.807, 2.05) is 6.92 Å². The number of morpholine rings is 1. The summed E-state index contributed by atoms with van der Waals surface area (Å²) < 4.78 is 11.0. The molecular weight excluding hydrogens is 250 g/mol. The van der Waals surface area contributed by atoms with E-state index in [2.05, 4.69) is 9.88 Å². The molecular formula is C12H21N3O2S. The van der Waals surface area contributed by atoms with Crippen LogP contribution in [-0.2, 0) is 11.2 Å². The van der Waals surface area contributed by atoms with Crippen molar-refractivity contribution in [3.63, 3.8) is 0 Å². The summed E-state index contributed by atoms with van der Waals surface area (Å²) in [6, 6.07) is 0. The molecule has 0 bridgehead atoms. The van der Waals surface area contributed by atoms with E-state index in [1.54, 1.807) is 11.3 Å². The van der Waals surface area contributed by atoms with Gasteiger partial charge in [-0.25, -0.2) is 0 Å². The highest BCUT2D eigenvalue weighted by Crippen LogP contribution is 2.32. The molecule has 1 aliphatic rings. The molecule has 2 N–H and O–H groups in total. The molecule has 0 atom stereocenters. The van der Waals surface area contributed by atoms with Crippen molar-refractivity contribution in [1.29, 1.82) is 0 Å². The van der Waals surface area contributed by atoms with Gasteiger partial charge in [0, 0.05) is 13.1 Å². The Morgan fingerprint density at radius 3 is 2.89 bits per heavy atom. The number of thiazole rings is 1. The van der Waals surface area contributed by atoms with E-state index in [1.165, 1.54) is 4.88 Å². The third-order valence-corrected chi connectivity index (χ3v) is 3.98. The Bertz CT molecular complexity index is 364. The maximum absolute atomic E-state index is 5.61. The lowest BCUT2D eigenvalue weighted by Crippen LogP contribution is -2.36. The fraction of sp³-hybridized carbons (Fsp3) is 0.750. The molecule has 18 heavy (non-hydrogen) atoms. The van der Waals surface area contributed by atoms with Gasteiger partial charge in [0.15, 0.2) is 5.13 Å². The molecule has 1 aliphatic heterocycles. The van der Waals surface area contributed by atoms with Gasteiger partial charge in [0.2, 0.25) is 5.88 Å². The molecule has 2 heterocycles. The molecule has 0 radical (unpaired) electrons. The third kappa shape index (κ3) is 3.34. The second-order valence-corrected chi connectivity index (χ2v) is 5.21. The highest BCUT2D eigenvalue weighted by molar-refractivity contribution is 7.15. The van der Waals surface area contributed by atoms with Crippen LogP contribution in [0.1, 0.15) is 18.2 Å². The highest BCUT2D eigenvalue weighted by atomic mass is 32.1. The molecule has 6 heteroatoms. The summed E-state index contributed by atoms with van der Waals surface area (Å²) in [5, 5.41) is 1.05. The van der Waals surface area contributed by atoms with Gasteiger partial charge in [-0.1, -0.05) is 11.3 Å². The van der Waals surface area contributed by atoms with Crippen LogP contribution < -0.4 is 15.4 Å². The average Bonchev–Trinajstić information content (AvgIpc) is 2.81. The minimum Gasteiger partial charge on any atom is -0.477 e. The lowest BCUT2D eigenvalue weighted by atomic mass is 10.3. The van der Waals surface area contributed by atoms with Gasteiger partial charge in [-0.05, 0) is 26.3 Å². The van der Waals surface area contributed by atoms with E-state index in [4.69, 9.17) is 15.2 Å². The SMILES string of the molecule is CCOc1nc(N2CCOCC2)sc1CCCN. The first kappa shape index (κ1) is 13.6. The zero-order valence-corrected chi connectivity index (χ0v) is 11.7. The van der Waals surface area contributed by atoms with Crippen LogP contribution in [0.3, 0.4) is 0 Å². The first-order valence-corrected chi connectivity index (χ1v) is 7.32. The summed E-state index contributed by atoms with van der Waals surface area (Å²) in [6.45, 7) is 6.73. The monoisotopic (exact) mass is 271 g/mol. The van der Waals surface area contributed by atoms with Crippen LogP contribution in [0.2, 0.25) is 0 Å². The fourth-order valence-corrected chi connectivity index (χ4v) is 2.98. The van der Waals surface area contributed by atoms with Crippen molar-refractivity contribution in [3.8, 4) is 5.88 Å². The number of hydrogen-bond donors (Lipinski definition) is 1. The maximum atomic E-state index is 5.61. The van der Waals surface area contributed by atoms with Crippen LogP contribution in [0.4, 0.5) is 5.13 Å². The van der Waals surface area contributed by atoms with Gasteiger partial charge in [0.1, 0.15) is 0 Å². The van der Waals surface area contributed by atoms with Gasteiger partial charge in [-0.2, -0.15) is 4.98 Å². The van der Waals surface area contributed by atoms with Gasteiger partial charge in [0.25, 0.3) is 0 Å². The average molecular weight is 271 g/mol. The normalized spacial score (nSPS) is 16.0. The molecule has 1 saturated heterocycles. The number of nitrogens with zero attached hydrogens (tertiary/aromatic N) is 2. The minimum atomic E-state index is 0.655. The van der Waals surface area contributed by atoms with Crippen molar-refractivity contribution in [2.45, 2.75) is 19.8 Å². The predicted octanol–water partition coefficient (Wildman–Crippen LogP) is 1.27. The second kappa shape index (κ2) is 6.92. The summed E-state index contributed by atoms with van der Waals surface area (Å²) in [7, 11) is 0. The van der Waals surface area contributed by atoms with Crippen molar-refractivity contribution in [1.82, 2.24) is 4.98 Å². The Balaban J connectivity index is 2.09. The number of rotatable bonds is 6. The van der Waals surface area contributed by atoms with E-state index >= 15 is 0 Å². The number of anilines is 1. The number of aryl methyl sites for hydroxylation is 1. The predicted molar refractivity (Wildman–Crippen MR) is 73.7 cm³/mol. The summed E-state index contributed by atoms with van der Waals surface area (Å²) in [4.78, 5) is 8.08. The molecule has 5 nitrogen and oxygen atoms in total. The van der Waals surface area contributed by atoms with Crippen molar-refractivity contribution < 1.29 is 9.47 Å². The molecule has 2 rings (SSSR count). The second-order valence-electron chi connectivity index (χ2n) is 4.15. The molecule has 0 aliphatic carbocycles. The van der Waals surface area contributed by atoms with Crippen LogP contribution >= 0.6 is 11.3 Å². The van der Waals surface area contributed by atoms with Crippen molar-refractivity contribution in [3.05, 3.63) is 4.88 Å². The minimum absolute atomic E-state index is 0.655. The van der Waals surface area contributed by atoms with Gasteiger partial charge in [-0.3, -0.25) is 0 Å². The zero-order chi connectivity index (χ0) is 12.8. The molecule has 0 aromatic carbocycles. The fourth-order valence-electron chi connectivity index (χ4n) is 1.89. The van der Waals surface area contributed by atoms with Crippen molar-refractivity contribution >= 4 is 16.5 Å². The van der Waals surface area contributed by atoms with Gasteiger partial charge >= 0.3 is 0 Å². The molecule has 0 saturated carbocycles. The topological polar surface area (TPSA) is 60.6 Å². The smallest absolute Gasteiger partial charge is 0.229 e. The van der Waals surface area contributed by atoms with Crippen molar-refractivity contribution in [2.75, 3.05) is 44.4 Å². The Morgan fingerprint density at radius 2 is 2.22 bits per heavy atom. The quantitative estimate of drug-likeness (QED) is 0.844. The molecule has 0 unspecified atom stereocenters. The van der Waals surface area contributed by atoms with Crippen LogP contribution in [0.5, 0.6) is 5.88 Å². The summed E-state index contributed by atoms with van der Waals surface area (Å²) >= 11 is 1.72. The molecule has 102 valence electrons. The Hall–Kier alpha value is -0.850. The van der Waals surface area contributed by atoms with Crippen LogP contribution in [0.15, 0.2) is 0 Å². The van der Waals surface area contributed by atoms with Crippen LogP contribution in [-0.4, -0.2) is 44.4 Å². The molecule has 1 fully saturated rings. The molecule has 0 spiro atoms. The first-order valence-electron chi connectivity index (χ1n) is 6.50. The molecule has 1 aromatic rings. The summed E-state index contributed by atoms with van der Waals surface area (Å²) in [5.41, 5.74) is 5.57. The van der Waals surface area contributed by atoms with E-state index in [0.29, 0.717) is 13.2 Å². The van der Waals surface area contributed by atoms with Crippen LogP contribution in [0.25, 0.3) is 0 Å². The van der Waals surface area contributed by atoms with E-state index < -0.39 is 0 Å². The van der Waals surface area contributed by atoms with Gasteiger partial charge < -0.3 is 20.1 Å².